The first-order valence-electron chi connectivity index (χ1n) is 14.4. The molecule has 2 bridgehead atoms. The fourth-order valence-electron chi connectivity index (χ4n) is 6.13. The van der Waals surface area contributed by atoms with Crippen LogP contribution in [0.4, 0.5) is 0 Å². The summed E-state index contributed by atoms with van der Waals surface area (Å²) in [5.41, 5.74) is 13.5. The van der Waals surface area contributed by atoms with Crippen LogP contribution in [0, 0.1) is 12.3 Å². The maximum absolute atomic E-state index is 13.8. The Labute approximate surface area is 254 Å². The lowest BCUT2D eigenvalue weighted by atomic mass is 9.57. The predicted molar refractivity (Wildman–Crippen MR) is 166 cm³/mol. The van der Waals surface area contributed by atoms with Crippen molar-refractivity contribution in [1.29, 1.82) is 0 Å². The number of nitrogens with one attached hydrogen (secondary N) is 1. The molecule has 42 heavy (non-hydrogen) atoms. The van der Waals surface area contributed by atoms with Gasteiger partial charge < -0.3 is 27.0 Å². The number of aromatic nitrogens is 1. The van der Waals surface area contributed by atoms with E-state index < -0.39 is 23.4 Å². The van der Waals surface area contributed by atoms with E-state index in [1.807, 2.05) is 55.5 Å². The van der Waals surface area contributed by atoms with Crippen molar-refractivity contribution in [3.63, 3.8) is 0 Å². The topological polar surface area (TPSA) is 169 Å². The van der Waals surface area contributed by atoms with Crippen molar-refractivity contribution in [1.82, 2.24) is 10.3 Å². The van der Waals surface area contributed by atoms with Gasteiger partial charge in [-0.3, -0.25) is 14.4 Å². The van der Waals surface area contributed by atoms with Crippen LogP contribution in [0.5, 0.6) is 0 Å². The number of amides is 1. The highest BCUT2D eigenvalue weighted by atomic mass is 79.9. The fourth-order valence-corrected chi connectivity index (χ4v) is 6.49. The number of hydrogen-bond donors (Lipinski definition) is 5. The molecule has 0 aliphatic heterocycles. The van der Waals surface area contributed by atoms with Crippen LogP contribution in [0.2, 0.25) is 0 Å². The monoisotopic (exact) mass is 638 g/mol. The summed E-state index contributed by atoms with van der Waals surface area (Å²) in [5, 5.41) is 22.2. The molecule has 3 fully saturated rings. The average molecular weight is 640 g/mol. The molecule has 3 aliphatic rings. The summed E-state index contributed by atoms with van der Waals surface area (Å²) in [6.45, 7) is 2.56. The molecule has 0 saturated heterocycles. The first kappa shape index (κ1) is 31.6. The molecule has 3 saturated carbocycles. The van der Waals surface area contributed by atoms with Gasteiger partial charge in [0.15, 0.2) is 0 Å². The van der Waals surface area contributed by atoms with E-state index in [0.29, 0.717) is 57.1 Å². The van der Waals surface area contributed by atoms with Gasteiger partial charge in [-0.25, -0.2) is 4.98 Å². The first-order chi connectivity index (χ1) is 20.0. The van der Waals surface area contributed by atoms with Gasteiger partial charge in [-0.05, 0) is 88.6 Å². The highest BCUT2D eigenvalue weighted by molar-refractivity contribution is 9.10. The Morgan fingerprint density at radius 3 is 2.21 bits per heavy atom. The number of unbranched alkanes of at least 4 members (excludes halogenated alkanes) is 1. The molecule has 2 aromatic carbocycles. The van der Waals surface area contributed by atoms with Gasteiger partial charge in [-0.15, -0.1) is 0 Å². The Kier molecular flexibility index (Phi) is 10.0. The van der Waals surface area contributed by atoms with Crippen molar-refractivity contribution in [3.8, 4) is 11.3 Å². The van der Waals surface area contributed by atoms with E-state index in [4.69, 9.17) is 21.6 Å². The molecular weight excluding hydrogens is 600 g/mol. The molecule has 1 amide bonds. The molecule has 1 atom stereocenters. The molecule has 1 aromatic heterocycles. The van der Waals surface area contributed by atoms with Gasteiger partial charge in [-0.1, -0.05) is 52.7 Å². The summed E-state index contributed by atoms with van der Waals surface area (Å²) < 4.78 is 0.896. The number of fused-ring (bicyclic) bond motifs is 4. The van der Waals surface area contributed by atoms with Gasteiger partial charge in [0.2, 0.25) is 0 Å². The summed E-state index contributed by atoms with van der Waals surface area (Å²) in [7, 11) is 0. The Hall–Kier alpha value is -3.34. The molecule has 3 aromatic rings. The Balaban J connectivity index is 0.000000349. The molecule has 10 heteroatoms. The highest BCUT2D eigenvalue weighted by Crippen LogP contribution is 2.52. The largest absolute Gasteiger partial charge is 0.481 e. The molecule has 0 spiro atoms. The minimum Gasteiger partial charge on any atom is -0.481 e. The van der Waals surface area contributed by atoms with Crippen molar-refractivity contribution in [2.45, 2.75) is 76.3 Å². The van der Waals surface area contributed by atoms with Gasteiger partial charge >= 0.3 is 11.9 Å². The second-order valence-corrected chi connectivity index (χ2v) is 12.5. The van der Waals surface area contributed by atoms with Crippen molar-refractivity contribution in [3.05, 3.63) is 64.1 Å². The van der Waals surface area contributed by atoms with Crippen LogP contribution in [0.3, 0.4) is 0 Å². The maximum Gasteiger partial charge on any atom is 0.320 e. The zero-order valence-electron chi connectivity index (χ0n) is 23.9. The van der Waals surface area contributed by atoms with E-state index >= 15 is 0 Å². The number of benzene rings is 2. The molecule has 1 heterocycles. The Morgan fingerprint density at radius 2 is 1.64 bits per heavy atom. The number of nitrogens with zero attached hydrogens (tertiary/aromatic N) is 1. The van der Waals surface area contributed by atoms with E-state index in [9.17, 15) is 19.5 Å². The molecule has 7 N–H and O–H groups in total. The first-order valence-corrected chi connectivity index (χ1v) is 15.2. The normalized spacial score (nSPS) is 21.7. The van der Waals surface area contributed by atoms with Gasteiger partial charge in [-0.2, -0.15) is 0 Å². The number of hydrogen-bond acceptors (Lipinski definition) is 6. The molecule has 0 radical (unpaired) electrons. The molecule has 9 nitrogen and oxygen atoms in total. The second-order valence-electron chi connectivity index (χ2n) is 11.5. The summed E-state index contributed by atoms with van der Waals surface area (Å²) in [5.74, 6) is -1.72. The van der Waals surface area contributed by atoms with Gasteiger partial charge in [0, 0.05) is 21.0 Å². The van der Waals surface area contributed by atoms with Crippen LogP contribution in [0.15, 0.2) is 53.0 Å². The van der Waals surface area contributed by atoms with Gasteiger partial charge in [0.05, 0.1) is 22.2 Å². The Bertz CT molecular complexity index is 1440. The van der Waals surface area contributed by atoms with Crippen LogP contribution in [0.25, 0.3) is 22.2 Å². The van der Waals surface area contributed by atoms with E-state index in [1.54, 1.807) is 0 Å². The van der Waals surface area contributed by atoms with E-state index in [0.717, 1.165) is 45.0 Å². The summed E-state index contributed by atoms with van der Waals surface area (Å²) in [6.07, 6.45) is 6.17. The fraction of sp³-hybridized carbons (Fsp3) is 0.438. The number of aliphatic carboxylic acids is 2. The van der Waals surface area contributed by atoms with Gasteiger partial charge in [0.25, 0.3) is 5.91 Å². The minimum absolute atomic E-state index is 0.102. The number of carboxylic acid groups (broad SMARTS) is 2. The Morgan fingerprint density at radius 1 is 1.00 bits per heavy atom. The van der Waals surface area contributed by atoms with Crippen LogP contribution in [-0.2, 0) is 9.59 Å². The predicted octanol–water partition coefficient (Wildman–Crippen LogP) is 5.41. The lowest BCUT2D eigenvalue weighted by Gasteiger charge is -2.51. The standard InChI is InChI=1S/C26H25BrN2O3.C6H14N2O2/c1-16-21(23(30)29-26-12-9-25(10-13-26,11-14-26)24(31)32)19-15-18(27)7-8-20(19)28-22(16)17-5-3-2-4-6-17;7-4-2-1-3-5(8)6(9)10/h2-8,15H,9-14H2,1H3,(H,29,30)(H,31,32);5H,1-4,7-8H2,(H,9,10). The number of pyridine rings is 1. The lowest BCUT2D eigenvalue weighted by Crippen LogP contribution is -2.58. The van der Waals surface area contributed by atoms with Crippen LogP contribution in [-0.4, -0.2) is 51.2 Å². The zero-order chi connectivity index (χ0) is 30.5. The van der Waals surface area contributed by atoms with Crippen molar-refractivity contribution >= 4 is 44.7 Å². The summed E-state index contributed by atoms with van der Waals surface area (Å²) in [6, 6.07) is 15.0. The SMILES string of the molecule is Cc1c(-c2ccccc2)nc2ccc(Br)cc2c1C(=O)NC12CCC(C(=O)O)(CC1)CC2.NCCCCC(N)C(=O)O. The number of carbonyl (C=O) groups is 3. The average Bonchev–Trinajstić information content (AvgIpc) is 2.98. The molecule has 224 valence electrons. The van der Waals surface area contributed by atoms with Crippen LogP contribution < -0.4 is 16.8 Å². The summed E-state index contributed by atoms with van der Waals surface area (Å²) >= 11 is 3.54. The van der Waals surface area contributed by atoms with E-state index in [2.05, 4.69) is 21.2 Å². The summed E-state index contributed by atoms with van der Waals surface area (Å²) in [4.78, 5) is 40.6. The molecular formula is C32H39BrN4O5. The number of rotatable bonds is 9. The number of carboxylic acids is 2. The lowest BCUT2D eigenvalue weighted by molar-refractivity contribution is -0.156. The van der Waals surface area contributed by atoms with Crippen LogP contribution in [0.1, 0.15) is 73.7 Å². The minimum atomic E-state index is -0.933. The van der Waals surface area contributed by atoms with Crippen molar-refractivity contribution in [2.24, 2.45) is 16.9 Å². The van der Waals surface area contributed by atoms with E-state index in [1.165, 1.54) is 0 Å². The van der Waals surface area contributed by atoms with Gasteiger partial charge in [0.1, 0.15) is 6.04 Å². The van der Waals surface area contributed by atoms with E-state index in [-0.39, 0.29) is 11.4 Å². The third-order valence-electron chi connectivity index (χ3n) is 8.83. The number of carbonyl (C=O) groups excluding carboxylic acids is 1. The third-order valence-corrected chi connectivity index (χ3v) is 9.32. The maximum atomic E-state index is 13.8. The third kappa shape index (κ3) is 6.82. The van der Waals surface area contributed by atoms with Crippen LogP contribution >= 0.6 is 15.9 Å². The van der Waals surface area contributed by atoms with Crippen molar-refractivity contribution < 1.29 is 24.6 Å². The molecule has 1 unspecified atom stereocenters. The second kappa shape index (κ2) is 13.3. The van der Waals surface area contributed by atoms with Crippen molar-refractivity contribution in [2.75, 3.05) is 6.54 Å². The zero-order valence-corrected chi connectivity index (χ0v) is 25.5. The molecule has 3 aliphatic carbocycles. The number of halogens is 1. The number of nitrogens with two attached hydrogens (primary N) is 2. The quantitative estimate of drug-likeness (QED) is 0.194. The smallest absolute Gasteiger partial charge is 0.320 e. The highest BCUT2D eigenvalue weighted by Gasteiger charge is 2.53. The molecule has 6 rings (SSSR count).